The zero-order valence-corrected chi connectivity index (χ0v) is 9.07. The van der Waals surface area contributed by atoms with E-state index in [0.29, 0.717) is 0 Å². The van der Waals surface area contributed by atoms with Crippen molar-refractivity contribution in [1.29, 1.82) is 0 Å². The monoisotopic (exact) mass is 194 g/mol. The third-order valence-electron chi connectivity index (χ3n) is 2.90. The molecule has 0 saturated heterocycles. The molecule has 1 unspecified atom stereocenters. The van der Waals surface area contributed by atoms with Crippen molar-refractivity contribution >= 4 is 0 Å². The molecule has 3 nitrogen and oxygen atoms in total. The number of aromatic nitrogens is 1. The maximum atomic E-state index is 9.53. The average Bonchev–Trinajstić information content (AvgIpc) is 2.22. The van der Waals surface area contributed by atoms with Crippen molar-refractivity contribution in [2.24, 2.45) is 0 Å². The van der Waals surface area contributed by atoms with Crippen molar-refractivity contribution in [3.05, 3.63) is 30.1 Å². The average molecular weight is 194 g/mol. The van der Waals surface area contributed by atoms with Gasteiger partial charge >= 0.3 is 0 Å². The van der Waals surface area contributed by atoms with Crippen LogP contribution in [0, 0.1) is 0 Å². The lowest BCUT2D eigenvalue weighted by Gasteiger charge is -2.37. The second-order valence-electron chi connectivity index (χ2n) is 3.68. The second kappa shape index (κ2) is 4.53. The maximum Gasteiger partial charge on any atom is 0.0701 e. The first-order chi connectivity index (χ1) is 6.67. The van der Waals surface area contributed by atoms with Crippen LogP contribution in [0.15, 0.2) is 24.5 Å². The molecule has 0 amide bonds. The van der Waals surface area contributed by atoms with Crippen molar-refractivity contribution in [2.75, 3.05) is 20.7 Å². The molecule has 0 fully saturated rings. The normalized spacial score (nSPS) is 15.5. The molecule has 1 aromatic heterocycles. The number of rotatable bonds is 4. The Morgan fingerprint density at radius 2 is 2.21 bits per heavy atom. The van der Waals surface area contributed by atoms with Gasteiger partial charge in [0.25, 0.3) is 0 Å². The Hall–Kier alpha value is -0.930. The van der Waals surface area contributed by atoms with E-state index in [1.165, 1.54) is 0 Å². The molecule has 0 bridgehead atoms. The van der Waals surface area contributed by atoms with Crippen LogP contribution >= 0.6 is 0 Å². The van der Waals surface area contributed by atoms with Crippen LogP contribution in [0.2, 0.25) is 0 Å². The van der Waals surface area contributed by atoms with E-state index in [2.05, 4.69) is 11.9 Å². The summed E-state index contributed by atoms with van der Waals surface area (Å²) < 4.78 is 0. The van der Waals surface area contributed by atoms with Gasteiger partial charge in [0.1, 0.15) is 0 Å². The van der Waals surface area contributed by atoms with Gasteiger partial charge in [0.05, 0.1) is 12.1 Å². The first-order valence-electron chi connectivity index (χ1n) is 4.86. The molecule has 0 saturated carbocycles. The fourth-order valence-corrected chi connectivity index (χ4v) is 1.76. The third kappa shape index (κ3) is 1.79. The van der Waals surface area contributed by atoms with E-state index in [-0.39, 0.29) is 12.1 Å². The Morgan fingerprint density at radius 3 is 2.57 bits per heavy atom. The SMILES string of the molecule is CCC(CO)(c1cccnc1)N(C)C. The van der Waals surface area contributed by atoms with Gasteiger partial charge in [0.15, 0.2) is 0 Å². The zero-order valence-electron chi connectivity index (χ0n) is 9.07. The largest absolute Gasteiger partial charge is 0.394 e. The molecule has 1 atom stereocenters. The van der Waals surface area contributed by atoms with Gasteiger partial charge in [0, 0.05) is 12.4 Å². The van der Waals surface area contributed by atoms with Crippen LogP contribution in [0.25, 0.3) is 0 Å². The molecule has 1 heterocycles. The molecule has 14 heavy (non-hydrogen) atoms. The van der Waals surface area contributed by atoms with Crippen LogP contribution in [0.5, 0.6) is 0 Å². The molecule has 0 aliphatic heterocycles. The molecule has 1 N–H and O–H groups in total. The van der Waals surface area contributed by atoms with Crippen LogP contribution < -0.4 is 0 Å². The van der Waals surface area contributed by atoms with Gasteiger partial charge in [-0.1, -0.05) is 13.0 Å². The van der Waals surface area contributed by atoms with Gasteiger partial charge in [0.2, 0.25) is 0 Å². The van der Waals surface area contributed by atoms with Crippen molar-refractivity contribution in [2.45, 2.75) is 18.9 Å². The first kappa shape index (κ1) is 11.1. The summed E-state index contributed by atoms with van der Waals surface area (Å²) in [5.41, 5.74) is 0.767. The lowest BCUT2D eigenvalue weighted by molar-refractivity contribution is 0.0620. The van der Waals surface area contributed by atoms with E-state index in [9.17, 15) is 5.11 Å². The first-order valence-corrected chi connectivity index (χ1v) is 4.86. The van der Waals surface area contributed by atoms with Gasteiger partial charge in [-0.25, -0.2) is 0 Å². The molecular formula is C11H18N2O. The minimum Gasteiger partial charge on any atom is -0.394 e. The standard InChI is InChI=1S/C11H18N2O/c1-4-11(9-14,13(2)3)10-6-5-7-12-8-10/h5-8,14H,4,9H2,1-3H3. The predicted molar refractivity (Wildman–Crippen MR) is 57.0 cm³/mol. The van der Waals surface area contributed by atoms with E-state index in [1.807, 2.05) is 37.3 Å². The summed E-state index contributed by atoms with van der Waals surface area (Å²) in [6, 6.07) is 3.91. The van der Waals surface area contributed by atoms with Crippen LogP contribution in [-0.4, -0.2) is 35.7 Å². The summed E-state index contributed by atoms with van der Waals surface area (Å²) in [5.74, 6) is 0. The molecule has 0 aliphatic carbocycles. The number of aliphatic hydroxyl groups excluding tert-OH is 1. The number of aliphatic hydroxyl groups is 1. The Kier molecular flexibility index (Phi) is 3.61. The fraction of sp³-hybridized carbons (Fsp3) is 0.545. The van der Waals surface area contributed by atoms with Gasteiger partial charge in [-0.2, -0.15) is 0 Å². The van der Waals surface area contributed by atoms with E-state index < -0.39 is 0 Å². The summed E-state index contributed by atoms with van der Waals surface area (Å²) in [6.07, 6.45) is 4.43. The third-order valence-corrected chi connectivity index (χ3v) is 2.90. The molecular weight excluding hydrogens is 176 g/mol. The molecule has 0 aliphatic rings. The van der Waals surface area contributed by atoms with Crippen molar-refractivity contribution in [3.8, 4) is 0 Å². The number of pyridine rings is 1. The summed E-state index contributed by atoms with van der Waals surface area (Å²) in [6.45, 7) is 2.19. The summed E-state index contributed by atoms with van der Waals surface area (Å²) in [7, 11) is 3.96. The van der Waals surface area contributed by atoms with Crippen LogP contribution in [-0.2, 0) is 5.54 Å². The van der Waals surface area contributed by atoms with E-state index in [1.54, 1.807) is 6.20 Å². The second-order valence-corrected chi connectivity index (χ2v) is 3.68. The highest BCUT2D eigenvalue weighted by Crippen LogP contribution is 2.28. The summed E-state index contributed by atoms with van der Waals surface area (Å²) >= 11 is 0. The highest BCUT2D eigenvalue weighted by molar-refractivity contribution is 5.20. The topological polar surface area (TPSA) is 36.4 Å². The van der Waals surface area contributed by atoms with Crippen LogP contribution in [0.3, 0.4) is 0 Å². The fourth-order valence-electron chi connectivity index (χ4n) is 1.76. The number of hydrogen-bond donors (Lipinski definition) is 1. The lowest BCUT2D eigenvalue weighted by Crippen LogP contribution is -2.44. The molecule has 0 spiro atoms. The predicted octanol–water partition coefficient (Wildman–Crippen LogP) is 1.24. The molecule has 1 aromatic rings. The van der Waals surface area contributed by atoms with Crippen molar-refractivity contribution in [1.82, 2.24) is 9.88 Å². The van der Waals surface area contributed by atoms with Gasteiger partial charge in [-0.05, 0) is 32.1 Å². The minimum atomic E-state index is -0.297. The van der Waals surface area contributed by atoms with E-state index in [0.717, 1.165) is 12.0 Å². The van der Waals surface area contributed by atoms with Gasteiger partial charge in [-0.3, -0.25) is 9.88 Å². The molecule has 1 rings (SSSR count). The Balaban J connectivity index is 3.11. The molecule has 78 valence electrons. The Bertz CT molecular complexity index is 268. The van der Waals surface area contributed by atoms with Gasteiger partial charge in [-0.15, -0.1) is 0 Å². The minimum absolute atomic E-state index is 0.113. The van der Waals surface area contributed by atoms with E-state index in [4.69, 9.17) is 0 Å². The van der Waals surface area contributed by atoms with Crippen molar-refractivity contribution in [3.63, 3.8) is 0 Å². The molecule has 0 radical (unpaired) electrons. The Labute approximate surface area is 85.4 Å². The number of hydrogen-bond acceptors (Lipinski definition) is 3. The quantitative estimate of drug-likeness (QED) is 0.783. The maximum absolute atomic E-state index is 9.53. The smallest absolute Gasteiger partial charge is 0.0701 e. The summed E-state index contributed by atoms with van der Waals surface area (Å²) in [4.78, 5) is 6.14. The Morgan fingerprint density at radius 1 is 1.50 bits per heavy atom. The molecule has 0 aromatic carbocycles. The number of likely N-dealkylation sites (N-methyl/N-ethyl adjacent to an activating group) is 1. The summed E-state index contributed by atoms with van der Waals surface area (Å²) in [5, 5.41) is 9.53. The van der Waals surface area contributed by atoms with Gasteiger partial charge < -0.3 is 5.11 Å². The highest BCUT2D eigenvalue weighted by Gasteiger charge is 2.31. The zero-order chi connectivity index (χ0) is 10.6. The highest BCUT2D eigenvalue weighted by atomic mass is 16.3. The number of nitrogens with zero attached hydrogens (tertiary/aromatic N) is 2. The molecule has 3 heteroatoms. The van der Waals surface area contributed by atoms with Crippen LogP contribution in [0.1, 0.15) is 18.9 Å². The van der Waals surface area contributed by atoms with E-state index >= 15 is 0 Å². The van der Waals surface area contributed by atoms with Crippen molar-refractivity contribution < 1.29 is 5.11 Å². The van der Waals surface area contributed by atoms with Crippen LogP contribution in [0.4, 0.5) is 0 Å². The lowest BCUT2D eigenvalue weighted by atomic mass is 9.88.